The van der Waals surface area contributed by atoms with Gasteiger partial charge in [-0.25, -0.2) is 4.98 Å². The summed E-state index contributed by atoms with van der Waals surface area (Å²) in [7, 11) is 0. The van der Waals surface area contributed by atoms with Crippen LogP contribution in [0.4, 0.5) is 0 Å². The second kappa shape index (κ2) is 6.79. The van der Waals surface area contributed by atoms with Crippen molar-refractivity contribution >= 4 is 17.2 Å². The molecule has 3 rings (SSSR count). The number of amides is 1. The average Bonchev–Trinajstić information content (AvgIpc) is 3.14. The Bertz CT molecular complexity index is 819. The first-order valence-corrected chi connectivity index (χ1v) is 8.39. The first-order valence-electron chi connectivity index (χ1n) is 7.51. The van der Waals surface area contributed by atoms with Crippen molar-refractivity contribution in [1.82, 2.24) is 14.9 Å². The zero-order valence-corrected chi connectivity index (χ0v) is 14.1. The van der Waals surface area contributed by atoms with Crippen molar-refractivity contribution in [3.8, 4) is 0 Å². The van der Waals surface area contributed by atoms with Crippen LogP contribution in [0.15, 0.2) is 48.1 Å². The summed E-state index contributed by atoms with van der Waals surface area (Å²) in [5.74, 6) is 0.991. The van der Waals surface area contributed by atoms with Crippen molar-refractivity contribution in [2.75, 3.05) is 0 Å². The third kappa shape index (κ3) is 3.68. The van der Waals surface area contributed by atoms with Gasteiger partial charge in [0.15, 0.2) is 0 Å². The van der Waals surface area contributed by atoms with Crippen LogP contribution >= 0.6 is 11.3 Å². The zero-order chi connectivity index (χ0) is 16.2. The number of imidazole rings is 1. The molecule has 1 aromatic carbocycles. The van der Waals surface area contributed by atoms with Gasteiger partial charge in [0.2, 0.25) is 0 Å². The van der Waals surface area contributed by atoms with Crippen LogP contribution in [0.25, 0.3) is 0 Å². The van der Waals surface area contributed by atoms with Crippen LogP contribution in [0.5, 0.6) is 0 Å². The first kappa shape index (κ1) is 15.5. The van der Waals surface area contributed by atoms with Gasteiger partial charge in [0.25, 0.3) is 5.91 Å². The fourth-order valence-corrected chi connectivity index (χ4v) is 3.31. The summed E-state index contributed by atoms with van der Waals surface area (Å²) in [6.45, 7) is 5.28. The number of rotatable bonds is 5. The highest BCUT2D eigenvalue weighted by Gasteiger charge is 2.09. The monoisotopic (exact) mass is 325 g/mol. The van der Waals surface area contributed by atoms with Crippen LogP contribution in [0, 0.1) is 13.8 Å². The fourth-order valence-electron chi connectivity index (χ4n) is 2.47. The summed E-state index contributed by atoms with van der Waals surface area (Å²) >= 11 is 1.48. The van der Waals surface area contributed by atoms with E-state index in [0.717, 1.165) is 28.4 Å². The lowest BCUT2D eigenvalue weighted by atomic mass is 10.1. The van der Waals surface area contributed by atoms with Crippen molar-refractivity contribution in [3.05, 3.63) is 75.5 Å². The predicted molar refractivity (Wildman–Crippen MR) is 92.7 cm³/mol. The molecule has 0 saturated carbocycles. The fraction of sp³-hybridized carbons (Fsp3) is 0.222. The van der Waals surface area contributed by atoms with Gasteiger partial charge in [-0.3, -0.25) is 4.79 Å². The molecule has 0 atom stereocenters. The SMILES string of the molecule is Cc1ccsc1C(=O)NCc1cccc(Cn2ccnc2C)c1. The van der Waals surface area contributed by atoms with Crippen molar-refractivity contribution in [1.29, 1.82) is 0 Å². The second-order valence-corrected chi connectivity index (χ2v) is 6.45. The van der Waals surface area contributed by atoms with E-state index in [-0.39, 0.29) is 5.91 Å². The van der Waals surface area contributed by atoms with E-state index in [1.54, 1.807) is 0 Å². The molecular weight excluding hydrogens is 306 g/mol. The second-order valence-electron chi connectivity index (χ2n) is 5.54. The largest absolute Gasteiger partial charge is 0.347 e. The highest BCUT2D eigenvalue weighted by atomic mass is 32.1. The van der Waals surface area contributed by atoms with E-state index in [1.165, 1.54) is 16.9 Å². The van der Waals surface area contributed by atoms with Gasteiger partial charge in [0.05, 0.1) is 4.88 Å². The Morgan fingerprint density at radius 2 is 2.09 bits per heavy atom. The maximum Gasteiger partial charge on any atom is 0.261 e. The number of nitrogens with zero attached hydrogens (tertiary/aromatic N) is 2. The molecule has 5 heteroatoms. The lowest BCUT2D eigenvalue weighted by molar-refractivity contribution is 0.0954. The number of hydrogen-bond donors (Lipinski definition) is 1. The molecule has 0 unspecified atom stereocenters. The Morgan fingerprint density at radius 3 is 2.78 bits per heavy atom. The molecule has 0 aliphatic carbocycles. The van der Waals surface area contributed by atoms with E-state index >= 15 is 0 Å². The van der Waals surface area contributed by atoms with E-state index < -0.39 is 0 Å². The summed E-state index contributed by atoms with van der Waals surface area (Å²) in [4.78, 5) is 17.2. The average molecular weight is 325 g/mol. The molecule has 0 aliphatic rings. The molecule has 23 heavy (non-hydrogen) atoms. The Hall–Kier alpha value is -2.40. The van der Waals surface area contributed by atoms with Crippen LogP contribution in [-0.2, 0) is 13.1 Å². The third-order valence-corrected chi connectivity index (χ3v) is 4.80. The molecule has 0 aliphatic heterocycles. The quantitative estimate of drug-likeness (QED) is 0.780. The summed E-state index contributed by atoms with van der Waals surface area (Å²) in [5.41, 5.74) is 3.32. The molecule has 0 spiro atoms. The number of aryl methyl sites for hydroxylation is 2. The normalized spacial score (nSPS) is 10.7. The Kier molecular flexibility index (Phi) is 4.57. The molecule has 118 valence electrons. The molecule has 3 aromatic rings. The van der Waals surface area contributed by atoms with E-state index in [1.807, 2.05) is 49.8 Å². The highest BCUT2D eigenvalue weighted by Crippen LogP contribution is 2.15. The molecule has 2 aromatic heterocycles. The smallest absolute Gasteiger partial charge is 0.261 e. The molecule has 0 radical (unpaired) electrons. The summed E-state index contributed by atoms with van der Waals surface area (Å²) in [5, 5.41) is 4.93. The van der Waals surface area contributed by atoms with Gasteiger partial charge in [-0.05, 0) is 42.0 Å². The first-order chi connectivity index (χ1) is 11.1. The van der Waals surface area contributed by atoms with Crippen molar-refractivity contribution < 1.29 is 4.79 Å². The van der Waals surface area contributed by atoms with Gasteiger partial charge in [0, 0.05) is 25.5 Å². The molecule has 0 fully saturated rings. The van der Waals surface area contributed by atoms with E-state index in [2.05, 4.69) is 27.0 Å². The van der Waals surface area contributed by atoms with E-state index in [4.69, 9.17) is 0 Å². The summed E-state index contributed by atoms with van der Waals surface area (Å²) in [6, 6.07) is 10.2. The summed E-state index contributed by atoms with van der Waals surface area (Å²) < 4.78 is 2.10. The number of carbonyl (C=O) groups is 1. The Labute approximate surface area is 139 Å². The predicted octanol–water partition coefficient (Wildman–Crippen LogP) is 3.54. The molecule has 2 heterocycles. The number of hydrogen-bond acceptors (Lipinski definition) is 3. The van der Waals surface area contributed by atoms with Crippen LogP contribution in [-0.4, -0.2) is 15.5 Å². The topological polar surface area (TPSA) is 46.9 Å². The number of carbonyl (C=O) groups excluding carboxylic acids is 1. The lowest BCUT2D eigenvalue weighted by Crippen LogP contribution is -2.22. The molecule has 1 N–H and O–H groups in total. The third-order valence-electron chi connectivity index (χ3n) is 3.79. The van der Waals surface area contributed by atoms with Crippen molar-refractivity contribution in [2.45, 2.75) is 26.9 Å². The Balaban J connectivity index is 1.65. The van der Waals surface area contributed by atoms with Gasteiger partial charge < -0.3 is 9.88 Å². The number of thiophene rings is 1. The molecule has 1 amide bonds. The molecule has 4 nitrogen and oxygen atoms in total. The standard InChI is InChI=1S/C18H19N3OS/c1-13-6-9-23-17(13)18(22)20-11-15-4-3-5-16(10-15)12-21-8-7-19-14(21)2/h3-10H,11-12H2,1-2H3,(H,20,22). The Morgan fingerprint density at radius 1 is 1.26 bits per heavy atom. The minimum Gasteiger partial charge on any atom is -0.347 e. The number of aromatic nitrogens is 2. The summed E-state index contributed by atoms with van der Waals surface area (Å²) in [6.07, 6.45) is 3.78. The number of nitrogens with one attached hydrogen (secondary N) is 1. The van der Waals surface area contributed by atoms with Crippen LogP contribution in [0.3, 0.4) is 0 Å². The zero-order valence-electron chi connectivity index (χ0n) is 13.2. The molecule has 0 bridgehead atoms. The lowest BCUT2D eigenvalue weighted by Gasteiger charge is -2.09. The van der Waals surface area contributed by atoms with Crippen molar-refractivity contribution in [2.24, 2.45) is 0 Å². The van der Waals surface area contributed by atoms with Gasteiger partial charge in [-0.1, -0.05) is 24.3 Å². The minimum atomic E-state index is -0.00615. The molecular formula is C18H19N3OS. The minimum absolute atomic E-state index is 0.00615. The maximum absolute atomic E-state index is 12.2. The van der Waals surface area contributed by atoms with Gasteiger partial charge in [0.1, 0.15) is 5.82 Å². The van der Waals surface area contributed by atoms with Gasteiger partial charge in [-0.2, -0.15) is 0 Å². The number of benzene rings is 1. The van der Waals surface area contributed by atoms with E-state index in [0.29, 0.717) is 6.54 Å². The molecule has 0 saturated heterocycles. The van der Waals surface area contributed by atoms with E-state index in [9.17, 15) is 4.79 Å². The van der Waals surface area contributed by atoms with Crippen LogP contribution < -0.4 is 5.32 Å². The van der Waals surface area contributed by atoms with Crippen LogP contribution in [0.2, 0.25) is 0 Å². The van der Waals surface area contributed by atoms with Gasteiger partial charge in [-0.15, -0.1) is 11.3 Å². The van der Waals surface area contributed by atoms with Gasteiger partial charge >= 0.3 is 0 Å². The van der Waals surface area contributed by atoms with Crippen molar-refractivity contribution in [3.63, 3.8) is 0 Å². The highest BCUT2D eigenvalue weighted by molar-refractivity contribution is 7.12. The van der Waals surface area contributed by atoms with Crippen LogP contribution in [0.1, 0.15) is 32.2 Å². The maximum atomic E-state index is 12.2.